The first-order valence-corrected chi connectivity index (χ1v) is 11.1. The number of hydrogen-bond donors (Lipinski definition) is 1. The van der Waals surface area contributed by atoms with E-state index >= 15 is 0 Å². The molecule has 1 heterocycles. The Labute approximate surface area is 163 Å². The highest BCUT2D eigenvalue weighted by atomic mass is 16.7. The molecule has 0 aromatic carbocycles. The lowest BCUT2D eigenvalue weighted by Gasteiger charge is -2.60. The maximum absolute atomic E-state index is 10.1. The Balaban J connectivity index is 1.53. The van der Waals surface area contributed by atoms with Gasteiger partial charge in [0, 0.05) is 11.8 Å². The first kappa shape index (κ1) is 18.2. The van der Waals surface area contributed by atoms with Gasteiger partial charge in [0.1, 0.15) is 0 Å². The van der Waals surface area contributed by atoms with Crippen LogP contribution in [0.3, 0.4) is 0 Å². The van der Waals surface area contributed by atoms with Crippen LogP contribution in [-0.2, 0) is 9.47 Å². The number of fused-ring (bicyclic) bond motifs is 5. The second-order valence-electron chi connectivity index (χ2n) is 10.6. The topological polar surface area (TPSA) is 51.1 Å². The molecule has 1 N–H and O–H groups in total. The van der Waals surface area contributed by atoms with Gasteiger partial charge in [0.2, 0.25) is 0 Å². The molecule has 4 nitrogen and oxygen atoms in total. The van der Waals surface area contributed by atoms with Gasteiger partial charge in [0.05, 0.1) is 18.9 Å². The number of rotatable bonds is 1. The fourth-order valence-electron chi connectivity index (χ4n) is 8.38. The van der Waals surface area contributed by atoms with Crippen LogP contribution in [0.15, 0.2) is 17.3 Å². The quantitative estimate of drug-likeness (QED) is 0.399. The molecule has 4 fully saturated rings. The summed E-state index contributed by atoms with van der Waals surface area (Å²) < 4.78 is 12.2. The Kier molecular flexibility index (Phi) is 4.08. The van der Waals surface area contributed by atoms with Crippen molar-refractivity contribution in [2.24, 2.45) is 45.6 Å². The Morgan fingerprint density at radius 1 is 1.00 bits per heavy atom. The van der Waals surface area contributed by atoms with Gasteiger partial charge in [0.15, 0.2) is 5.79 Å². The summed E-state index contributed by atoms with van der Waals surface area (Å²) in [7, 11) is 0. The third-order valence-electron chi connectivity index (χ3n) is 9.53. The van der Waals surface area contributed by atoms with Crippen LogP contribution < -0.4 is 0 Å². The third-order valence-corrected chi connectivity index (χ3v) is 9.53. The number of oxime groups is 1. The SMILES string of the molecule is CC1([C@H]2CC[C@H]3[C@@H]4CC[C@H]5CC=CC[C@]5(C)[C@H]4/C(=N\O)C[C@]23C)OCCO1. The molecular formula is C23H35NO3. The first-order valence-electron chi connectivity index (χ1n) is 11.1. The second-order valence-corrected chi connectivity index (χ2v) is 10.6. The van der Waals surface area contributed by atoms with Gasteiger partial charge in [-0.25, -0.2) is 0 Å². The average molecular weight is 374 g/mol. The molecule has 3 saturated carbocycles. The Hall–Kier alpha value is -0.870. The zero-order valence-electron chi connectivity index (χ0n) is 17.1. The van der Waals surface area contributed by atoms with Crippen molar-refractivity contribution in [1.29, 1.82) is 0 Å². The number of nitrogens with zero attached hydrogens (tertiary/aromatic N) is 1. The van der Waals surface area contributed by atoms with E-state index < -0.39 is 5.79 Å². The van der Waals surface area contributed by atoms with E-state index in [9.17, 15) is 5.21 Å². The van der Waals surface area contributed by atoms with Crippen LogP contribution in [0.4, 0.5) is 0 Å². The van der Waals surface area contributed by atoms with Crippen LogP contribution in [0, 0.1) is 40.4 Å². The van der Waals surface area contributed by atoms with E-state index in [-0.39, 0.29) is 10.8 Å². The summed E-state index contributed by atoms with van der Waals surface area (Å²) in [5.74, 6) is 2.41. The van der Waals surface area contributed by atoms with E-state index in [4.69, 9.17) is 9.47 Å². The molecule has 5 aliphatic rings. The van der Waals surface area contributed by atoms with Crippen LogP contribution in [0.2, 0.25) is 0 Å². The van der Waals surface area contributed by atoms with Gasteiger partial charge in [-0.2, -0.15) is 0 Å². The summed E-state index contributed by atoms with van der Waals surface area (Å²) in [6, 6.07) is 0. The van der Waals surface area contributed by atoms with Crippen molar-refractivity contribution >= 4 is 5.71 Å². The van der Waals surface area contributed by atoms with Crippen molar-refractivity contribution in [2.45, 2.75) is 71.5 Å². The van der Waals surface area contributed by atoms with Crippen molar-refractivity contribution in [3.05, 3.63) is 12.2 Å². The minimum atomic E-state index is -0.467. The molecule has 0 aromatic heterocycles. The Morgan fingerprint density at radius 2 is 1.78 bits per heavy atom. The molecule has 0 amide bonds. The average Bonchev–Trinajstić information content (AvgIpc) is 3.24. The Bertz CT molecular complexity index is 667. The van der Waals surface area contributed by atoms with E-state index in [1.165, 1.54) is 32.1 Å². The van der Waals surface area contributed by atoms with Crippen LogP contribution in [-0.4, -0.2) is 29.9 Å². The number of ether oxygens (including phenoxy) is 2. The van der Waals surface area contributed by atoms with Gasteiger partial charge >= 0.3 is 0 Å². The van der Waals surface area contributed by atoms with Crippen LogP contribution >= 0.6 is 0 Å². The highest BCUT2D eigenvalue weighted by Gasteiger charge is 2.65. The van der Waals surface area contributed by atoms with Crippen molar-refractivity contribution in [3.8, 4) is 0 Å². The highest BCUT2D eigenvalue weighted by molar-refractivity contribution is 5.89. The minimum Gasteiger partial charge on any atom is -0.411 e. The summed E-state index contributed by atoms with van der Waals surface area (Å²) in [6.45, 7) is 8.45. The van der Waals surface area contributed by atoms with E-state index in [2.05, 4.69) is 38.1 Å². The monoisotopic (exact) mass is 373 g/mol. The van der Waals surface area contributed by atoms with E-state index in [1.807, 2.05) is 0 Å². The first-order chi connectivity index (χ1) is 12.9. The summed E-state index contributed by atoms with van der Waals surface area (Å²) in [5, 5.41) is 14.1. The van der Waals surface area contributed by atoms with Gasteiger partial charge in [-0.3, -0.25) is 0 Å². The van der Waals surface area contributed by atoms with Crippen LogP contribution in [0.1, 0.15) is 65.7 Å². The molecule has 0 spiro atoms. The van der Waals surface area contributed by atoms with Crippen LogP contribution in [0.5, 0.6) is 0 Å². The maximum atomic E-state index is 10.1. The smallest absolute Gasteiger partial charge is 0.169 e. The zero-order chi connectivity index (χ0) is 18.9. The van der Waals surface area contributed by atoms with E-state index in [0.29, 0.717) is 36.9 Å². The molecule has 27 heavy (non-hydrogen) atoms. The highest BCUT2D eigenvalue weighted by Crippen LogP contribution is 2.67. The standard InChI is InChI=1S/C23H35NO3/c1-21-11-5-4-6-15(21)7-8-16-17-9-10-19(23(3)26-12-13-27-23)22(17,2)14-18(24-25)20(16)21/h4-5,15-17,19-20,25H,6-14H2,1-3H3/b24-18-/t15-,16+,17+,19+,20-,21+,22+/m1/s1. The summed E-state index contributed by atoms with van der Waals surface area (Å²) in [4.78, 5) is 0. The number of hydrogen-bond acceptors (Lipinski definition) is 4. The fourth-order valence-corrected chi connectivity index (χ4v) is 8.38. The summed E-state index contributed by atoms with van der Waals surface area (Å²) >= 11 is 0. The molecule has 150 valence electrons. The van der Waals surface area contributed by atoms with Crippen molar-refractivity contribution < 1.29 is 14.7 Å². The van der Waals surface area contributed by atoms with Gasteiger partial charge < -0.3 is 14.7 Å². The van der Waals surface area contributed by atoms with E-state index in [1.54, 1.807) is 0 Å². The van der Waals surface area contributed by atoms with Crippen molar-refractivity contribution in [3.63, 3.8) is 0 Å². The van der Waals surface area contributed by atoms with E-state index in [0.717, 1.165) is 24.5 Å². The minimum absolute atomic E-state index is 0.107. The lowest BCUT2D eigenvalue weighted by atomic mass is 9.44. The zero-order valence-corrected chi connectivity index (χ0v) is 17.1. The molecule has 0 unspecified atom stereocenters. The predicted octanol–water partition coefficient (Wildman–Crippen LogP) is 5.01. The predicted molar refractivity (Wildman–Crippen MR) is 105 cm³/mol. The number of allylic oxidation sites excluding steroid dienone is 2. The second kappa shape index (κ2) is 6.06. The van der Waals surface area contributed by atoms with Gasteiger partial charge in [-0.05, 0) is 80.5 Å². The Morgan fingerprint density at radius 3 is 2.52 bits per heavy atom. The fraction of sp³-hybridized carbons (Fsp3) is 0.870. The van der Waals surface area contributed by atoms with Crippen molar-refractivity contribution in [2.75, 3.05) is 13.2 Å². The molecule has 5 rings (SSSR count). The molecule has 0 bridgehead atoms. The molecule has 0 aromatic rings. The molecule has 4 aliphatic carbocycles. The molecule has 1 saturated heterocycles. The largest absolute Gasteiger partial charge is 0.411 e. The molecule has 1 aliphatic heterocycles. The van der Waals surface area contributed by atoms with Crippen LogP contribution in [0.25, 0.3) is 0 Å². The van der Waals surface area contributed by atoms with Crippen molar-refractivity contribution in [1.82, 2.24) is 0 Å². The summed E-state index contributed by atoms with van der Waals surface area (Å²) in [6.07, 6.45) is 13.0. The third kappa shape index (κ3) is 2.38. The lowest BCUT2D eigenvalue weighted by Crippen LogP contribution is -2.58. The normalized spacial score (nSPS) is 52.4. The summed E-state index contributed by atoms with van der Waals surface area (Å²) in [5.41, 5.74) is 1.42. The van der Waals surface area contributed by atoms with Gasteiger partial charge in [-0.15, -0.1) is 0 Å². The van der Waals surface area contributed by atoms with Gasteiger partial charge in [0.25, 0.3) is 0 Å². The van der Waals surface area contributed by atoms with Gasteiger partial charge in [-0.1, -0.05) is 31.2 Å². The molecule has 7 atom stereocenters. The maximum Gasteiger partial charge on any atom is 0.169 e. The molecule has 4 heteroatoms. The molecular weight excluding hydrogens is 338 g/mol. The lowest BCUT2D eigenvalue weighted by molar-refractivity contribution is -0.209. The molecule has 0 radical (unpaired) electrons.